The highest BCUT2D eigenvalue weighted by molar-refractivity contribution is 6.34. The summed E-state index contributed by atoms with van der Waals surface area (Å²) in [7, 11) is 0. The van der Waals surface area contributed by atoms with E-state index in [-0.39, 0.29) is 23.6 Å². The summed E-state index contributed by atoms with van der Waals surface area (Å²) in [5, 5.41) is 4.15. The zero-order valence-electron chi connectivity index (χ0n) is 14.5. The van der Waals surface area contributed by atoms with E-state index < -0.39 is 17.4 Å². The predicted molar refractivity (Wildman–Crippen MR) is 94.5 cm³/mol. The van der Waals surface area contributed by atoms with Crippen molar-refractivity contribution in [1.82, 2.24) is 9.97 Å². The molecule has 3 rings (SSSR count). The van der Waals surface area contributed by atoms with Crippen LogP contribution in [0.1, 0.15) is 31.5 Å². The summed E-state index contributed by atoms with van der Waals surface area (Å²) in [5.74, 6) is -1.03. The largest absolute Gasteiger partial charge is 0.463 e. The number of hydrogen-bond donors (Lipinski definition) is 0. The van der Waals surface area contributed by atoms with Crippen molar-refractivity contribution in [3.63, 3.8) is 0 Å². The molecule has 8 heteroatoms. The number of esters is 1. The summed E-state index contributed by atoms with van der Waals surface area (Å²) in [5.41, 5.74) is 0.930. The van der Waals surface area contributed by atoms with Gasteiger partial charge in [0, 0.05) is 29.9 Å². The number of oxime groups is 1. The van der Waals surface area contributed by atoms with Gasteiger partial charge in [-0.3, -0.25) is 9.97 Å². The summed E-state index contributed by atoms with van der Waals surface area (Å²) in [4.78, 5) is 25.7. The van der Waals surface area contributed by atoms with Crippen LogP contribution in [0.4, 0.5) is 4.39 Å². The monoisotopic (exact) mass is 377 g/mol. The second-order valence-electron chi connectivity index (χ2n) is 6.06. The zero-order chi connectivity index (χ0) is 18.9. The fourth-order valence-electron chi connectivity index (χ4n) is 2.70. The number of nitrogens with zero attached hydrogens (tertiary/aromatic N) is 3. The van der Waals surface area contributed by atoms with Gasteiger partial charge in [0.2, 0.25) is 5.60 Å². The van der Waals surface area contributed by atoms with Gasteiger partial charge in [0.15, 0.2) is 0 Å². The quantitative estimate of drug-likeness (QED) is 0.760. The van der Waals surface area contributed by atoms with Crippen LogP contribution in [0.3, 0.4) is 0 Å². The number of rotatable bonds is 4. The number of aromatic nitrogens is 2. The highest BCUT2D eigenvalue weighted by Crippen LogP contribution is 2.34. The summed E-state index contributed by atoms with van der Waals surface area (Å²) in [6.07, 6.45) is 3.19. The molecular weight excluding hydrogens is 361 g/mol. The standard InChI is InChI=1S/C18H17ClFN3O3/c1-4-25-17(24)18(3)9-15(23-26-18)11-7-12(14(20)8-13(11)19)16-10(2)21-5-6-22-16/h5-8H,4,9H2,1-3H3. The van der Waals surface area contributed by atoms with Crippen molar-refractivity contribution in [2.75, 3.05) is 6.61 Å². The normalized spacial score (nSPS) is 19.0. The smallest absolute Gasteiger partial charge is 0.353 e. The first-order valence-corrected chi connectivity index (χ1v) is 8.43. The number of hydrogen-bond acceptors (Lipinski definition) is 6. The van der Waals surface area contributed by atoms with Crippen LogP contribution in [0, 0.1) is 12.7 Å². The van der Waals surface area contributed by atoms with Gasteiger partial charge >= 0.3 is 5.97 Å². The maximum atomic E-state index is 14.5. The number of carbonyl (C=O) groups excluding carboxylic acids is 1. The van der Waals surface area contributed by atoms with Gasteiger partial charge in [0.1, 0.15) is 5.82 Å². The van der Waals surface area contributed by atoms with Gasteiger partial charge in [-0.1, -0.05) is 16.8 Å². The first kappa shape index (κ1) is 18.3. The van der Waals surface area contributed by atoms with Gasteiger partial charge in [-0.15, -0.1) is 0 Å². The van der Waals surface area contributed by atoms with Crippen molar-refractivity contribution in [3.05, 3.63) is 46.6 Å². The van der Waals surface area contributed by atoms with Gasteiger partial charge in [0.25, 0.3) is 0 Å². The average Bonchev–Trinajstić information content (AvgIpc) is 3.00. The molecule has 1 atom stereocenters. The van der Waals surface area contributed by atoms with E-state index in [0.29, 0.717) is 22.7 Å². The number of benzene rings is 1. The molecule has 6 nitrogen and oxygen atoms in total. The Balaban J connectivity index is 1.99. The second-order valence-corrected chi connectivity index (χ2v) is 6.47. The molecule has 0 fully saturated rings. The maximum Gasteiger partial charge on any atom is 0.353 e. The van der Waals surface area contributed by atoms with Crippen LogP contribution in [-0.2, 0) is 14.4 Å². The zero-order valence-corrected chi connectivity index (χ0v) is 15.3. The summed E-state index contributed by atoms with van der Waals surface area (Å²) in [6, 6.07) is 2.75. The molecule has 26 heavy (non-hydrogen) atoms. The van der Waals surface area contributed by atoms with Crippen LogP contribution in [0.15, 0.2) is 29.7 Å². The molecule has 0 spiro atoms. The van der Waals surface area contributed by atoms with E-state index in [9.17, 15) is 9.18 Å². The van der Waals surface area contributed by atoms with Crippen molar-refractivity contribution in [1.29, 1.82) is 0 Å². The van der Waals surface area contributed by atoms with E-state index in [1.165, 1.54) is 18.5 Å². The molecule has 0 saturated carbocycles. The number of halogens is 2. The van der Waals surface area contributed by atoms with Crippen LogP contribution in [-0.4, -0.2) is 33.9 Å². The number of aryl methyl sites for hydroxylation is 1. The van der Waals surface area contributed by atoms with Crippen molar-refractivity contribution in [2.24, 2.45) is 5.16 Å². The lowest BCUT2D eigenvalue weighted by atomic mass is 9.94. The van der Waals surface area contributed by atoms with Crippen molar-refractivity contribution < 1.29 is 18.8 Å². The van der Waals surface area contributed by atoms with Crippen LogP contribution in [0.2, 0.25) is 5.02 Å². The van der Waals surface area contributed by atoms with Gasteiger partial charge in [-0.2, -0.15) is 0 Å². The molecule has 0 N–H and O–H groups in total. The Morgan fingerprint density at radius 1 is 1.35 bits per heavy atom. The first-order valence-electron chi connectivity index (χ1n) is 8.05. The fourth-order valence-corrected chi connectivity index (χ4v) is 2.96. The van der Waals surface area contributed by atoms with Crippen LogP contribution < -0.4 is 0 Å². The highest BCUT2D eigenvalue weighted by atomic mass is 35.5. The maximum absolute atomic E-state index is 14.5. The van der Waals surface area contributed by atoms with Crippen molar-refractivity contribution in [3.8, 4) is 11.3 Å². The second kappa shape index (κ2) is 6.99. The molecule has 1 unspecified atom stereocenters. The van der Waals surface area contributed by atoms with E-state index in [0.717, 1.165) is 0 Å². The molecule has 0 bridgehead atoms. The lowest BCUT2D eigenvalue weighted by Crippen LogP contribution is -2.37. The van der Waals surface area contributed by atoms with E-state index in [1.807, 2.05) is 0 Å². The van der Waals surface area contributed by atoms with Gasteiger partial charge in [-0.05, 0) is 32.9 Å². The van der Waals surface area contributed by atoms with E-state index in [4.69, 9.17) is 21.2 Å². The Bertz CT molecular complexity index is 903. The predicted octanol–water partition coefficient (Wildman–Crippen LogP) is 3.69. The Kier molecular flexibility index (Phi) is 4.91. The molecule has 136 valence electrons. The summed E-state index contributed by atoms with van der Waals surface area (Å²) in [6.45, 7) is 5.28. The lowest BCUT2D eigenvalue weighted by Gasteiger charge is -2.18. The molecule has 0 amide bonds. The molecule has 1 aliphatic heterocycles. The molecule has 0 radical (unpaired) electrons. The molecule has 0 saturated heterocycles. The van der Waals surface area contributed by atoms with Crippen molar-refractivity contribution >= 4 is 23.3 Å². The van der Waals surface area contributed by atoms with E-state index in [2.05, 4.69) is 15.1 Å². The third kappa shape index (κ3) is 3.26. The first-order chi connectivity index (χ1) is 12.4. The molecular formula is C18H17ClFN3O3. The Hall–Kier alpha value is -2.54. The Morgan fingerprint density at radius 3 is 2.77 bits per heavy atom. The van der Waals surface area contributed by atoms with Crippen LogP contribution >= 0.6 is 11.6 Å². The number of ether oxygens (including phenoxy) is 1. The fraction of sp³-hybridized carbons (Fsp3) is 0.333. The third-order valence-corrected chi connectivity index (χ3v) is 4.39. The lowest BCUT2D eigenvalue weighted by molar-refractivity contribution is -0.166. The highest BCUT2D eigenvalue weighted by Gasteiger charge is 2.44. The Morgan fingerprint density at radius 2 is 2.08 bits per heavy atom. The molecule has 2 heterocycles. The Labute approximate surface area is 155 Å². The van der Waals surface area contributed by atoms with Gasteiger partial charge < -0.3 is 9.57 Å². The number of carbonyl (C=O) groups is 1. The van der Waals surface area contributed by atoms with Gasteiger partial charge in [-0.25, -0.2) is 9.18 Å². The topological polar surface area (TPSA) is 73.7 Å². The average molecular weight is 378 g/mol. The van der Waals surface area contributed by atoms with E-state index in [1.54, 1.807) is 26.8 Å². The molecule has 0 aliphatic carbocycles. The minimum absolute atomic E-state index is 0.163. The summed E-state index contributed by atoms with van der Waals surface area (Å²) >= 11 is 6.21. The third-order valence-electron chi connectivity index (χ3n) is 4.07. The molecule has 1 aromatic carbocycles. The molecule has 1 aliphatic rings. The molecule has 2 aromatic rings. The minimum Gasteiger partial charge on any atom is -0.463 e. The SMILES string of the molecule is CCOC(=O)C1(C)CC(c2cc(-c3nccnc3C)c(F)cc2Cl)=NO1. The minimum atomic E-state index is -1.23. The van der Waals surface area contributed by atoms with Crippen LogP contribution in [0.25, 0.3) is 11.3 Å². The van der Waals surface area contributed by atoms with Crippen molar-refractivity contribution in [2.45, 2.75) is 32.8 Å². The van der Waals surface area contributed by atoms with Gasteiger partial charge in [0.05, 0.1) is 28.7 Å². The van der Waals surface area contributed by atoms with E-state index >= 15 is 0 Å². The van der Waals surface area contributed by atoms with Crippen LogP contribution in [0.5, 0.6) is 0 Å². The summed E-state index contributed by atoms with van der Waals surface area (Å²) < 4.78 is 19.5. The molecule has 1 aromatic heterocycles.